The molecule has 6 nitrogen and oxygen atoms in total. The highest BCUT2D eigenvalue weighted by Crippen LogP contribution is 2.33. The van der Waals surface area contributed by atoms with Gasteiger partial charge in [0, 0.05) is 30.5 Å². The number of aryl methyl sites for hydroxylation is 2. The van der Waals surface area contributed by atoms with Crippen molar-refractivity contribution in [1.29, 1.82) is 0 Å². The van der Waals surface area contributed by atoms with Crippen LogP contribution in [0.4, 0.5) is 5.13 Å². The molecule has 0 aliphatic rings. The number of rotatable bonds is 8. The number of methoxy groups -OCH3 is 1. The van der Waals surface area contributed by atoms with Gasteiger partial charge in [-0.2, -0.15) is 0 Å². The first-order valence-corrected chi connectivity index (χ1v) is 11.2. The molecule has 0 spiro atoms. The van der Waals surface area contributed by atoms with Gasteiger partial charge in [0.15, 0.2) is 5.13 Å². The predicted octanol–water partition coefficient (Wildman–Crippen LogP) is 5.13. The number of thiazole rings is 1. The van der Waals surface area contributed by atoms with Crippen molar-refractivity contribution in [3.05, 3.63) is 71.3 Å². The molecule has 0 N–H and O–H groups in total. The molecule has 0 fully saturated rings. The minimum atomic E-state index is 0.0126. The van der Waals surface area contributed by atoms with Crippen molar-refractivity contribution in [2.75, 3.05) is 18.6 Å². The Balaban J connectivity index is 1.58. The topological polar surface area (TPSA) is 60.2 Å². The van der Waals surface area contributed by atoms with Crippen LogP contribution in [-0.4, -0.2) is 34.1 Å². The first kappa shape index (κ1) is 21.3. The Kier molecular flexibility index (Phi) is 6.53. The maximum Gasteiger partial charge on any atom is 0.233 e. The number of ether oxygens (including phenoxy) is 1. The monoisotopic (exact) mass is 454 g/mol. The molecule has 0 saturated carbocycles. The van der Waals surface area contributed by atoms with E-state index in [-0.39, 0.29) is 5.91 Å². The quantitative estimate of drug-likeness (QED) is 0.370. The Morgan fingerprint density at radius 1 is 1.26 bits per heavy atom. The van der Waals surface area contributed by atoms with Crippen LogP contribution in [0.1, 0.15) is 17.5 Å². The fraction of sp³-hybridized carbons (Fsp3) is 0.261. The summed E-state index contributed by atoms with van der Waals surface area (Å²) in [6.45, 7) is 3.34. The van der Waals surface area contributed by atoms with Crippen LogP contribution in [0.5, 0.6) is 5.75 Å². The van der Waals surface area contributed by atoms with Crippen LogP contribution in [0.2, 0.25) is 5.02 Å². The summed E-state index contributed by atoms with van der Waals surface area (Å²) in [4.78, 5) is 24.0. The van der Waals surface area contributed by atoms with Gasteiger partial charge in [-0.15, -0.1) is 0 Å². The number of aromatic nitrogens is 3. The zero-order chi connectivity index (χ0) is 21.8. The van der Waals surface area contributed by atoms with Crippen LogP contribution in [0.3, 0.4) is 0 Å². The number of nitrogens with zero attached hydrogens (tertiary/aromatic N) is 4. The number of benzene rings is 2. The Bertz CT molecular complexity index is 1170. The highest BCUT2D eigenvalue weighted by atomic mass is 35.5. The molecule has 0 unspecified atom stereocenters. The second kappa shape index (κ2) is 9.49. The second-order valence-electron chi connectivity index (χ2n) is 7.29. The van der Waals surface area contributed by atoms with E-state index < -0.39 is 0 Å². The van der Waals surface area contributed by atoms with Crippen LogP contribution in [0, 0.1) is 6.92 Å². The molecule has 2 aromatic carbocycles. The summed E-state index contributed by atoms with van der Waals surface area (Å²) in [6.07, 6.45) is 6.55. The van der Waals surface area contributed by atoms with Crippen molar-refractivity contribution in [2.24, 2.45) is 0 Å². The number of carbonyl (C=O) groups excluding carboxylic acids is 1. The van der Waals surface area contributed by atoms with Gasteiger partial charge in [-0.1, -0.05) is 35.1 Å². The Hall–Kier alpha value is -2.90. The first-order chi connectivity index (χ1) is 15.0. The van der Waals surface area contributed by atoms with E-state index in [2.05, 4.69) is 4.98 Å². The number of amides is 1. The van der Waals surface area contributed by atoms with Crippen molar-refractivity contribution in [1.82, 2.24) is 14.5 Å². The maximum absolute atomic E-state index is 13.3. The molecule has 1 amide bonds. The summed E-state index contributed by atoms with van der Waals surface area (Å²) in [5, 5.41) is 1.38. The minimum Gasteiger partial charge on any atom is -0.497 e. The Morgan fingerprint density at radius 3 is 2.77 bits per heavy atom. The van der Waals surface area contributed by atoms with Crippen LogP contribution in [0.15, 0.2) is 55.1 Å². The van der Waals surface area contributed by atoms with Gasteiger partial charge in [0.25, 0.3) is 0 Å². The molecular weight excluding hydrogens is 432 g/mol. The summed E-state index contributed by atoms with van der Waals surface area (Å²) in [7, 11) is 1.63. The third-order valence-corrected chi connectivity index (χ3v) is 6.29. The van der Waals surface area contributed by atoms with Crippen LogP contribution in [-0.2, 0) is 17.8 Å². The first-order valence-electron chi connectivity index (χ1n) is 9.99. The molecule has 0 radical (unpaired) electrons. The average Bonchev–Trinajstić information content (AvgIpc) is 3.41. The van der Waals surface area contributed by atoms with E-state index in [4.69, 9.17) is 21.3 Å². The molecule has 0 bridgehead atoms. The molecule has 2 aromatic heterocycles. The number of hydrogen-bond donors (Lipinski definition) is 0. The van der Waals surface area contributed by atoms with E-state index >= 15 is 0 Å². The summed E-state index contributed by atoms with van der Waals surface area (Å²) in [5.74, 6) is 0.783. The highest BCUT2D eigenvalue weighted by Gasteiger charge is 2.21. The molecule has 0 aliphatic carbocycles. The molecule has 31 heavy (non-hydrogen) atoms. The lowest BCUT2D eigenvalue weighted by atomic mass is 10.1. The van der Waals surface area contributed by atoms with Gasteiger partial charge in [-0.3, -0.25) is 9.69 Å². The Labute approximate surface area is 190 Å². The third-order valence-electron chi connectivity index (χ3n) is 5.04. The molecule has 160 valence electrons. The Morgan fingerprint density at radius 2 is 2.06 bits per heavy atom. The van der Waals surface area contributed by atoms with Crippen molar-refractivity contribution >= 4 is 44.2 Å². The fourth-order valence-electron chi connectivity index (χ4n) is 3.43. The van der Waals surface area contributed by atoms with Gasteiger partial charge in [-0.25, -0.2) is 9.97 Å². The van der Waals surface area contributed by atoms with Crippen molar-refractivity contribution in [3.63, 3.8) is 0 Å². The maximum atomic E-state index is 13.3. The van der Waals surface area contributed by atoms with Gasteiger partial charge in [0.2, 0.25) is 5.91 Å². The molecule has 4 rings (SSSR count). The predicted molar refractivity (Wildman–Crippen MR) is 125 cm³/mol. The van der Waals surface area contributed by atoms with Crippen molar-refractivity contribution < 1.29 is 9.53 Å². The van der Waals surface area contributed by atoms with Gasteiger partial charge in [-0.05, 0) is 48.7 Å². The van der Waals surface area contributed by atoms with E-state index in [1.54, 1.807) is 24.5 Å². The van der Waals surface area contributed by atoms with E-state index in [1.165, 1.54) is 11.3 Å². The van der Waals surface area contributed by atoms with E-state index in [0.29, 0.717) is 23.1 Å². The van der Waals surface area contributed by atoms with Crippen LogP contribution < -0.4 is 9.64 Å². The van der Waals surface area contributed by atoms with Gasteiger partial charge < -0.3 is 9.30 Å². The van der Waals surface area contributed by atoms with E-state index in [0.717, 1.165) is 40.1 Å². The summed E-state index contributed by atoms with van der Waals surface area (Å²) in [5.41, 5.74) is 2.83. The van der Waals surface area contributed by atoms with E-state index in [9.17, 15) is 4.79 Å². The normalized spacial score (nSPS) is 11.1. The average molecular weight is 455 g/mol. The largest absolute Gasteiger partial charge is 0.497 e. The lowest BCUT2D eigenvalue weighted by molar-refractivity contribution is -0.118. The summed E-state index contributed by atoms with van der Waals surface area (Å²) >= 11 is 7.72. The summed E-state index contributed by atoms with van der Waals surface area (Å²) < 4.78 is 8.20. The van der Waals surface area contributed by atoms with Crippen LogP contribution in [0.25, 0.3) is 10.2 Å². The number of carbonyl (C=O) groups is 1. The van der Waals surface area contributed by atoms with Gasteiger partial charge in [0.1, 0.15) is 5.75 Å². The van der Waals surface area contributed by atoms with E-state index in [1.807, 2.05) is 54.1 Å². The fourth-order valence-corrected chi connectivity index (χ4v) is 4.89. The number of anilines is 1. The molecule has 4 aromatic rings. The standard InChI is InChI=1S/C23H23ClN4O2S/c1-16-12-18(24)14-20-22(16)26-23(31-20)28(10-3-9-27-11-8-25-15-27)21(29)13-17-4-6-19(30-2)7-5-17/h4-8,11-12,14-15H,3,9-10,13H2,1-2H3. The van der Waals surface area contributed by atoms with Gasteiger partial charge >= 0.3 is 0 Å². The SMILES string of the molecule is COc1ccc(CC(=O)N(CCCn2ccnc2)c2nc3c(C)cc(Cl)cc3s2)cc1. The zero-order valence-corrected chi connectivity index (χ0v) is 19.0. The molecule has 2 heterocycles. The van der Waals surface area contributed by atoms with Crippen LogP contribution >= 0.6 is 22.9 Å². The zero-order valence-electron chi connectivity index (χ0n) is 17.4. The molecule has 0 saturated heterocycles. The van der Waals surface area contributed by atoms with Crippen molar-refractivity contribution in [3.8, 4) is 5.75 Å². The molecule has 0 aliphatic heterocycles. The number of halogens is 1. The third kappa shape index (κ3) is 5.06. The smallest absolute Gasteiger partial charge is 0.233 e. The van der Waals surface area contributed by atoms with Crippen molar-refractivity contribution in [2.45, 2.75) is 26.3 Å². The number of fused-ring (bicyclic) bond motifs is 1. The molecular formula is C23H23ClN4O2S. The van der Waals surface area contributed by atoms with Gasteiger partial charge in [0.05, 0.1) is 30.1 Å². The molecule has 8 heteroatoms. The molecule has 0 atom stereocenters. The highest BCUT2D eigenvalue weighted by molar-refractivity contribution is 7.22. The lowest BCUT2D eigenvalue weighted by Crippen LogP contribution is -2.33. The second-order valence-corrected chi connectivity index (χ2v) is 8.74. The summed E-state index contributed by atoms with van der Waals surface area (Å²) in [6, 6.07) is 11.4. The minimum absolute atomic E-state index is 0.0126. The number of hydrogen-bond acceptors (Lipinski definition) is 5. The number of imidazole rings is 1. The lowest BCUT2D eigenvalue weighted by Gasteiger charge is -2.20.